The van der Waals surface area contributed by atoms with Crippen LogP contribution in [0.4, 0.5) is 0 Å². The third kappa shape index (κ3) is 1.59. The highest BCUT2D eigenvalue weighted by Crippen LogP contribution is 2.13. The Kier molecular flexibility index (Phi) is 2.47. The highest BCUT2D eigenvalue weighted by molar-refractivity contribution is 6.31. The second-order valence-electron chi connectivity index (χ2n) is 3.58. The zero-order valence-corrected chi connectivity index (χ0v) is 9.58. The normalized spacial score (nSPS) is 10.7. The van der Waals surface area contributed by atoms with Crippen LogP contribution in [0.25, 0.3) is 10.9 Å². The van der Waals surface area contributed by atoms with Crippen molar-refractivity contribution >= 4 is 22.5 Å². The third-order valence-electron chi connectivity index (χ3n) is 2.24. The molecule has 0 amide bonds. The van der Waals surface area contributed by atoms with Crippen LogP contribution in [0.2, 0.25) is 5.02 Å². The number of hydrogen-bond acceptors (Lipinski definition) is 3. The van der Waals surface area contributed by atoms with Crippen LogP contribution >= 0.6 is 11.6 Å². The molecule has 6 heteroatoms. The Balaban J connectivity index is 2.95. The quantitative estimate of drug-likeness (QED) is 0.790. The summed E-state index contributed by atoms with van der Waals surface area (Å²) in [6.45, 7) is 0. The first-order valence-electron chi connectivity index (χ1n) is 4.63. The van der Waals surface area contributed by atoms with Gasteiger partial charge in [0.25, 0.3) is 5.56 Å². The smallest absolute Gasteiger partial charge is 0.312 e. The number of rotatable bonds is 1. The van der Waals surface area contributed by atoms with Gasteiger partial charge in [-0.05, 0) is 18.2 Å². The van der Waals surface area contributed by atoms with Crippen LogP contribution in [0.5, 0.6) is 0 Å². The van der Waals surface area contributed by atoms with E-state index in [-0.39, 0.29) is 5.56 Å². The summed E-state index contributed by atoms with van der Waals surface area (Å²) in [5.41, 5.74) is -0.397. The van der Waals surface area contributed by atoms with E-state index in [1.807, 2.05) is 0 Å². The SMILES string of the molecule is CN(C)n1c(=O)[nH]c2cc(Cl)ccc2c1=O. The Morgan fingerprint density at radius 2 is 2.00 bits per heavy atom. The number of nitrogens with zero attached hydrogens (tertiary/aromatic N) is 2. The number of fused-ring (bicyclic) bond motifs is 1. The molecule has 1 aromatic carbocycles. The van der Waals surface area contributed by atoms with Crippen LogP contribution in [0.15, 0.2) is 27.8 Å². The number of hydrogen-bond donors (Lipinski definition) is 1. The molecule has 1 heterocycles. The molecule has 0 aliphatic carbocycles. The maximum absolute atomic E-state index is 12.0. The molecule has 1 aromatic heterocycles. The predicted molar refractivity (Wildman–Crippen MR) is 63.9 cm³/mol. The minimum atomic E-state index is -0.482. The summed E-state index contributed by atoms with van der Waals surface area (Å²) in [7, 11) is 3.25. The monoisotopic (exact) mass is 239 g/mol. The molecule has 0 radical (unpaired) electrons. The van der Waals surface area contributed by atoms with Crippen molar-refractivity contribution in [2.75, 3.05) is 19.1 Å². The van der Waals surface area contributed by atoms with Crippen molar-refractivity contribution in [1.29, 1.82) is 0 Å². The van der Waals surface area contributed by atoms with Gasteiger partial charge in [0.1, 0.15) is 0 Å². The first-order chi connectivity index (χ1) is 7.50. The van der Waals surface area contributed by atoms with Gasteiger partial charge in [0.05, 0.1) is 10.9 Å². The van der Waals surface area contributed by atoms with Crippen molar-refractivity contribution in [3.8, 4) is 0 Å². The molecular weight excluding hydrogens is 230 g/mol. The van der Waals surface area contributed by atoms with E-state index < -0.39 is 5.69 Å². The third-order valence-corrected chi connectivity index (χ3v) is 2.47. The molecule has 16 heavy (non-hydrogen) atoms. The van der Waals surface area contributed by atoms with Crippen molar-refractivity contribution in [2.24, 2.45) is 0 Å². The van der Waals surface area contributed by atoms with E-state index in [1.54, 1.807) is 32.3 Å². The standard InChI is InChI=1S/C10H10ClN3O2/c1-13(2)14-9(15)7-4-3-6(11)5-8(7)12-10(14)16/h3-5H,1-2H3,(H,12,16). The van der Waals surface area contributed by atoms with Gasteiger partial charge in [-0.2, -0.15) is 4.68 Å². The van der Waals surface area contributed by atoms with Crippen molar-refractivity contribution in [3.05, 3.63) is 44.1 Å². The molecule has 0 aliphatic rings. The van der Waals surface area contributed by atoms with E-state index in [9.17, 15) is 9.59 Å². The lowest BCUT2D eigenvalue weighted by atomic mass is 10.2. The van der Waals surface area contributed by atoms with Crippen LogP contribution in [-0.2, 0) is 0 Å². The zero-order valence-electron chi connectivity index (χ0n) is 8.82. The van der Waals surface area contributed by atoms with Crippen LogP contribution in [0.3, 0.4) is 0 Å². The summed E-state index contributed by atoms with van der Waals surface area (Å²) < 4.78 is 1.02. The molecule has 0 atom stereocenters. The average Bonchev–Trinajstić information content (AvgIpc) is 2.15. The van der Waals surface area contributed by atoms with Crippen LogP contribution in [0, 0.1) is 0 Å². The van der Waals surface area contributed by atoms with Crippen LogP contribution in [0.1, 0.15) is 0 Å². The Labute approximate surface area is 95.8 Å². The molecule has 0 saturated carbocycles. The van der Waals surface area contributed by atoms with E-state index in [1.165, 1.54) is 5.01 Å². The number of halogens is 1. The predicted octanol–water partition coefficient (Wildman–Crippen LogP) is 0.541. The molecule has 0 unspecified atom stereocenters. The molecule has 0 aliphatic heterocycles. The molecule has 0 spiro atoms. The largest absolute Gasteiger partial charge is 0.347 e. The van der Waals surface area contributed by atoms with Gasteiger partial charge in [-0.15, -0.1) is 0 Å². The summed E-state index contributed by atoms with van der Waals surface area (Å²) in [5, 5.41) is 2.33. The Bertz CT molecular complexity index is 657. The fraction of sp³-hybridized carbons (Fsp3) is 0.200. The lowest BCUT2D eigenvalue weighted by molar-refractivity contribution is 0.662. The van der Waals surface area contributed by atoms with Crippen molar-refractivity contribution in [3.63, 3.8) is 0 Å². The summed E-state index contributed by atoms with van der Waals surface area (Å²) in [4.78, 5) is 26.2. The van der Waals surface area contributed by atoms with E-state index in [0.29, 0.717) is 15.9 Å². The van der Waals surface area contributed by atoms with Crippen LogP contribution in [-0.4, -0.2) is 23.8 Å². The maximum atomic E-state index is 12.0. The summed E-state index contributed by atoms with van der Waals surface area (Å²) in [6, 6.07) is 4.76. The van der Waals surface area contributed by atoms with Gasteiger partial charge in [-0.1, -0.05) is 11.6 Å². The lowest BCUT2D eigenvalue weighted by Crippen LogP contribution is -2.46. The van der Waals surface area contributed by atoms with Crippen molar-refractivity contribution in [1.82, 2.24) is 9.66 Å². The summed E-state index contributed by atoms with van der Waals surface area (Å²) in [6.07, 6.45) is 0. The number of aromatic amines is 1. The van der Waals surface area contributed by atoms with E-state index in [0.717, 1.165) is 4.68 Å². The highest BCUT2D eigenvalue weighted by Gasteiger charge is 2.08. The second kappa shape index (κ2) is 3.68. The lowest BCUT2D eigenvalue weighted by Gasteiger charge is -2.14. The highest BCUT2D eigenvalue weighted by atomic mass is 35.5. The molecule has 2 rings (SSSR count). The van der Waals surface area contributed by atoms with Gasteiger partial charge in [0.2, 0.25) is 0 Å². The van der Waals surface area contributed by atoms with Gasteiger partial charge >= 0.3 is 5.69 Å². The van der Waals surface area contributed by atoms with Gasteiger partial charge < -0.3 is 9.99 Å². The van der Waals surface area contributed by atoms with Gasteiger partial charge in [-0.25, -0.2) is 4.79 Å². The summed E-state index contributed by atoms with van der Waals surface area (Å²) in [5.74, 6) is 0. The fourth-order valence-electron chi connectivity index (χ4n) is 1.54. The Hall–Kier alpha value is -1.75. The molecule has 2 aromatic rings. The van der Waals surface area contributed by atoms with Crippen molar-refractivity contribution in [2.45, 2.75) is 0 Å². The minimum absolute atomic E-state index is 0.361. The minimum Gasteiger partial charge on any atom is -0.312 e. The first-order valence-corrected chi connectivity index (χ1v) is 5.00. The Morgan fingerprint density at radius 1 is 1.31 bits per heavy atom. The molecule has 1 N–H and O–H groups in total. The van der Waals surface area contributed by atoms with Crippen LogP contribution < -0.4 is 16.3 Å². The zero-order chi connectivity index (χ0) is 11.9. The van der Waals surface area contributed by atoms with Gasteiger partial charge in [0, 0.05) is 19.1 Å². The van der Waals surface area contributed by atoms with E-state index in [2.05, 4.69) is 4.98 Å². The topological polar surface area (TPSA) is 58.1 Å². The average molecular weight is 240 g/mol. The van der Waals surface area contributed by atoms with Gasteiger partial charge in [-0.3, -0.25) is 4.79 Å². The number of aromatic nitrogens is 2. The Morgan fingerprint density at radius 3 is 2.62 bits per heavy atom. The van der Waals surface area contributed by atoms with Crippen molar-refractivity contribution < 1.29 is 0 Å². The second-order valence-corrected chi connectivity index (χ2v) is 4.02. The first kappa shape index (κ1) is 10.8. The molecule has 84 valence electrons. The van der Waals surface area contributed by atoms with E-state index >= 15 is 0 Å². The van der Waals surface area contributed by atoms with E-state index in [4.69, 9.17) is 11.6 Å². The molecule has 5 nitrogen and oxygen atoms in total. The number of H-pyrrole nitrogens is 1. The molecule has 0 saturated heterocycles. The molecule has 0 fully saturated rings. The maximum Gasteiger partial charge on any atom is 0.347 e. The number of nitrogens with one attached hydrogen (secondary N) is 1. The molecule has 0 bridgehead atoms. The fourth-order valence-corrected chi connectivity index (χ4v) is 1.72. The summed E-state index contributed by atoms with van der Waals surface area (Å²) >= 11 is 5.78. The van der Waals surface area contributed by atoms with Gasteiger partial charge in [0.15, 0.2) is 0 Å². The number of benzene rings is 1. The molecular formula is C10H10ClN3O2.